The normalized spacial score (nSPS) is 15.8. The number of hydrogen-bond donors (Lipinski definition) is 2. The predicted octanol–water partition coefficient (Wildman–Crippen LogP) is 4.32. The Kier molecular flexibility index (Phi) is 6.12. The van der Waals surface area contributed by atoms with Crippen LogP contribution in [0.5, 0.6) is 5.75 Å². The molecule has 0 bridgehead atoms. The van der Waals surface area contributed by atoms with Crippen molar-refractivity contribution in [2.24, 2.45) is 13.0 Å². The minimum atomic E-state index is -0.848. The van der Waals surface area contributed by atoms with E-state index in [1.807, 2.05) is 51.2 Å². The first kappa shape index (κ1) is 23.1. The van der Waals surface area contributed by atoms with Gasteiger partial charge in [0.05, 0.1) is 36.8 Å². The van der Waals surface area contributed by atoms with Gasteiger partial charge in [-0.2, -0.15) is 0 Å². The van der Waals surface area contributed by atoms with Crippen LogP contribution in [-0.2, 0) is 22.1 Å². The van der Waals surface area contributed by atoms with Gasteiger partial charge in [0.2, 0.25) is 0 Å². The summed E-state index contributed by atoms with van der Waals surface area (Å²) >= 11 is 6.45. The van der Waals surface area contributed by atoms with Gasteiger partial charge in [0.15, 0.2) is 0 Å². The van der Waals surface area contributed by atoms with Crippen LogP contribution >= 0.6 is 11.6 Å². The molecule has 4 rings (SSSR count). The Labute approximate surface area is 197 Å². The third kappa shape index (κ3) is 3.96. The number of aliphatic carboxylic acids is 1. The van der Waals surface area contributed by atoms with E-state index in [1.165, 1.54) is 0 Å². The summed E-state index contributed by atoms with van der Waals surface area (Å²) in [6.45, 7) is 4.45. The quantitative estimate of drug-likeness (QED) is 0.536. The first-order chi connectivity index (χ1) is 15.7. The second-order valence-corrected chi connectivity index (χ2v) is 9.19. The number of carboxylic acids is 1. The maximum atomic E-state index is 13.3. The number of carboxylic acid groups (broad SMARTS) is 1. The summed E-state index contributed by atoms with van der Waals surface area (Å²) in [6.07, 6.45) is 0. The zero-order valence-corrected chi connectivity index (χ0v) is 19.8. The standard InChI is InChI=1S/C25H27ClN2O5/c1-14(2)21(24(30)31)15-5-7-16(8-6-15)25(12-33-13-25)27-23(29)19-11-17-18(28(19)3)9-10-20(32-4)22(17)26/h5-11,14,21H,12-13H2,1-4H3,(H,27,29)(H,30,31). The summed E-state index contributed by atoms with van der Waals surface area (Å²) in [7, 11) is 3.37. The van der Waals surface area contributed by atoms with Crippen LogP contribution in [0.4, 0.5) is 0 Å². The molecule has 1 fully saturated rings. The molecule has 33 heavy (non-hydrogen) atoms. The summed E-state index contributed by atoms with van der Waals surface area (Å²) in [6, 6.07) is 12.8. The molecule has 1 aromatic heterocycles. The Bertz CT molecular complexity index is 1210. The Balaban J connectivity index is 1.63. The van der Waals surface area contributed by atoms with E-state index >= 15 is 0 Å². The number of aromatic nitrogens is 1. The number of aryl methyl sites for hydroxylation is 1. The number of carbonyl (C=O) groups is 2. The van der Waals surface area contributed by atoms with Crippen LogP contribution in [0, 0.1) is 5.92 Å². The fourth-order valence-electron chi connectivity index (χ4n) is 4.45. The van der Waals surface area contributed by atoms with Crippen molar-refractivity contribution in [2.75, 3.05) is 20.3 Å². The van der Waals surface area contributed by atoms with Gasteiger partial charge in [-0.15, -0.1) is 0 Å². The molecule has 174 valence electrons. The lowest BCUT2D eigenvalue weighted by atomic mass is 9.84. The Morgan fingerprint density at radius 2 is 1.85 bits per heavy atom. The highest BCUT2D eigenvalue weighted by Gasteiger charge is 2.42. The maximum Gasteiger partial charge on any atom is 0.311 e. The molecule has 0 aliphatic carbocycles. The summed E-state index contributed by atoms with van der Waals surface area (Å²) in [4.78, 5) is 25.0. The molecule has 1 aliphatic heterocycles. The Hall–Kier alpha value is -3.03. The van der Waals surface area contributed by atoms with Crippen LogP contribution in [0.15, 0.2) is 42.5 Å². The number of halogens is 1. The lowest BCUT2D eigenvalue weighted by Crippen LogP contribution is -2.59. The highest BCUT2D eigenvalue weighted by Crippen LogP contribution is 2.36. The van der Waals surface area contributed by atoms with Gasteiger partial charge in [0.25, 0.3) is 5.91 Å². The predicted molar refractivity (Wildman–Crippen MR) is 126 cm³/mol. The molecule has 3 aromatic rings. The second kappa shape index (κ2) is 8.72. The average molecular weight is 471 g/mol. The lowest BCUT2D eigenvalue weighted by Gasteiger charge is -2.42. The first-order valence-corrected chi connectivity index (χ1v) is 11.1. The van der Waals surface area contributed by atoms with Gasteiger partial charge in [0, 0.05) is 12.4 Å². The van der Waals surface area contributed by atoms with Crippen LogP contribution in [-0.4, -0.2) is 41.9 Å². The summed E-state index contributed by atoms with van der Waals surface area (Å²) in [5.74, 6) is -1.17. The number of nitrogens with one attached hydrogen (secondary N) is 1. The largest absolute Gasteiger partial charge is 0.495 e. The molecule has 2 heterocycles. The number of rotatable bonds is 7. The third-order valence-electron chi connectivity index (χ3n) is 6.38. The number of ether oxygens (including phenoxy) is 2. The van der Waals surface area contributed by atoms with Crippen molar-refractivity contribution >= 4 is 34.4 Å². The molecule has 1 aliphatic rings. The van der Waals surface area contributed by atoms with Crippen molar-refractivity contribution in [3.63, 3.8) is 0 Å². The molecule has 1 atom stereocenters. The molecule has 2 aromatic carbocycles. The molecule has 0 radical (unpaired) electrons. The zero-order valence-electron chi connectivity index (χ0n) is 19.0. The van der Waals surface area contributed by atoms with Crippen LogP contribution < -0.4 is 10.1 Å². The molecule has 1 saturated heterocycles. The molecule has 1 unspecified atom stereocenters. The first-order valence-electron chi connectivity index (χ1n) is 10.7. The molecular formula is C25H27ClN2O5. The number of carbonyl (C=O) groups excluding carboxylic acids is 1. The van der Waals surface area contributed by atoms with E-state index in [0.29, 0.717) is 29.7 Å². The summed E-state index contributed by atoms with van der Waals surface area (Å²) in [5, 5.41) is 13.9. The Morgan fingerprint density at radius 1 is 1.18 bits per heavy atom. The van der Waals surface area contributed by atoms with Crippen molar-refractivity contribution < 1.29 is 24.2 Å². The van der Waals surface area contributed by atoms with E-state index in [9.17, 15) is 14.7 Å². The van der Waals surface area contributed by atoms with Gasteiger partial charge in [0.1, 0.15) is 17.0 Å². The van der Waals surface area contributed by atoms with E-state index in [4.69, 9.17) is 21.1 Å². The molecule has 1 amide bonds. The van der Waals surface area contributed by atoms with Crippen molar-refractivity contribution in [3.05, 3.63) is 64.3 Å². The smallest absolute Gasteiger partial charge is 0.311 e. The summed E-state index contributed by atoms with van der Waals surface area (Å²) < 4.78 is 12.6. The van der Waals surface area contributed by atoms with Gasteiger partial charge < -0.3 is 24.5 Å². The lowest BCUT2D eigenvalue weighted by molar-refractivity contribution is -0.139. The van der Waals surface area contributed by atoms with Gasteiger partial charge in [-0.1, -0.05) is 49.7 Å². The average Bonchev–Trinajstić information content (AvgIpc) is 3.08. The summed E-state index contributed by atoms with van der Waals surface area (Å²) in [5.41, 5.74) is 2.22. The van der Waals surface area contributed by atoms with E-state index < -0.39 is 17.4 Å². The number of hydrogen-bond acceptors (Lipinski definition) is 4. The van der Waals surface area contributed by atoms with Crippen molar-refractivity contribution in [3.8, 4) is 5.75 Å². The van der Waals surface area contributed by atoms with Crippen molar-refractivity contribution in [1.82, 2.24) is 9.88 Å². The fraction of sp³-hybridized carbons (Fsp3) is 0.360. The third-order valence-corrected chi connectivity index (χ3v) is 6.77. The topological polar surface area (TPSA) is 89.8 Å². The Morgan fingerprint density at radius 3 is 2.36 bits per heavy atom. The molecule has 2 N–H and O–H groups in total. The molecular weight excluding hydrogens is 444 g/mol. The number of nitrogens with zero attached hydrogens (tertiary/aromatic N) is 1. The number of methoxy groups -OCH3 is 1. The van der Waals surface area contributed by atoms with Crippen molar-refractivity contribution in [1.29, 1.82) is 0 Å². The van der Waals surface area contributed by atoms with Gasteiger partial charge >= 0.3 is 5.97 Å². The van der Waals surface area contributed by atoms with Crippen LogP contribution in [0.3, 0.4) is 0 Å². The zero-order chi connectivity index (χ0) is 23.9. The van der Waals surface area contributed by atoms with Gasteiger partial charge in [-0.05, 0) is 35.2 Å². The van der Waals surface area contributed by atoms with Crippen LogP contribution in [0.25, 0.3) is 10.9 Å². The van der Waals surface area contributed by atoms with Gasteiger partial charge in [-0.25, -0.2) is 0 Å². The minimum Gasteiger partial charge on any atom is -0.495 e. The van der Waals surface area contributed by atoms with E-state index in [-0.39, 0.29) is 11.8 Å². The monoisotopic (exact) mass is 470 g/mol. The highest BCUT2D eigenvalue weighted by atomic mass is 35.5. The minimum absolute atomic E-state index is 0.0361. The SMILES string of the molecule is COc1ccc2c(cc(C(=O)NC3(c4ccc(C(C(=O)O)C(C)C)cc4)COC3)n2C)c1Cl. The van der Waals surface area contributed by atoms with Crippen LogP contribution in [0.1, 0.15) is 41.4 Å². The van der Waals surface area contributed by atoms with E-state index in [1.54, 1.807) is 23.8 Å². The molecule has 7 nitrogen and oxygen atoms in total. The van der Waals surface area contributed by atoms with E-state index in [0.717, 1.165) is 22.0 Å². The highest BCUT2D eigenvalue weighted by molar-refractivity contribution is 6.37. The molecule has 8 heteroatoms. The number of benzene rings is 2. The number of amides is 1. The molecule has 0 spiro atoms. The maximum absolute atomic E-state index is 13.3. The molecule has 0 saturated carbocycles. The van der Waals surface area contributed by atoms with Crippen molar-refractivity contribution in [2.45, 2.75) is 25.3 Å². The second-order valence-electron chi connectivity index (χ2n) is 8.81. The number of fused-ring (bicyclic) bond motifs is 1. The fourth-order valence-corrected chi connectivity index (χ4v) is 4.74. The van der Waals surface area contributed by atoms with E-state index in [2.05, 4.69) is 5.32 Å². The van der Waals surface area contributed by atoms with Crippen LogP contribution in [0.2, 0.25) is 5.02 Å². The van der Waals surface area contributed by atoms with Gasteiger partial charge in [-0.3, -0.25) is 9.59 Å².